The van der Waals surface area contributed by atoms with Crippen LogP contribution in [0.25, 0.3) is 0 Å². The molecule has 1 fully saturated rings. The molecule has 2 unspecified atom stereocenters. The normalized spacial score (nSPS) is 18.2. The summed E-state index contributed by atoms with van der Waals surface area (Å²) in [5, 5.41) is 0. The highest BCUT2D eigenvalue weighted by atomic mass is 16.6. The summed E-state index contributed by atoms with van der Waals surface area (Å²) >= 11 is 0. The summed E-state index contributed by atoms with van der Waals surface area (Å²) in [7, 11) is 0. The van der Waals surface area contributed by atoms with E-state index in [1.165, 1.54) is 77.0 Å². The SMILES string of the molecule is CCCCCCCCCCC1OC1CCCCCCOC(=O)c1ccccc1. The molecule has 2 rings (SSSR count). The lowest BCUT2D eigenvalue weighted by Gasteiger charge is -2.04. The largest absolute Gasteiger partial charge is 0.462 e. The summed E-state index contributed by atoms with van der Waals surface area (Å²) in [6.45, 7) is 2.80. The molecule has 1 aromatic rings. The minimum Gasteiger partial charge on any atom is -0.462 e. The van der Waals surface area contributed by atoms with Crippen molar-refractivity contribution in [1.82, 2.24) is 0 Å². The van der Waals surface area contributed by atoms with Crippen LogP contribution in [0.15, 0.2) is 30.3 Å². The minimum atomic E-state index is -0.212. The molecule has 158 valence electrons. The Hall–Kier alpha value is -1.35. The Morgan fingerprint density at radius 3 is 1.93 bits per heavy atom. The van der Waals surface area contributed by atoms with Crippen LogP contribution in [0.3, 0.4) is 0 Å². The third-order valence-electron chi connectivity index (χ3n) is 5.66. The number of esters is 1. The summed E-state index contributed by atoms with van der Waals surface area (Å²) in [5.41, 5.74) is 0.635. The number of hydrogen-bond acceptors (Lipinski definition) is 3. The molecule has 28 heavy (non-hydrogen) atoms. The molecule has 0 N–H and O–H groups in total. The van der Waals surface area contributed by atoms with Gasteiger partial charge in [-0.25, -0.2) is 4.79 Å². The Labute approximate surface area is 172 Å². The molecule has 1 heterocycles. The third kappa shape index (κ3) is 10.3. The Balaban J connectivity index is 1.32. The number of carbonyl (C=O) groups excluding carboxylic acids is 1. The number of carbonyl (C=O) groups is 1. The van der Waals surface area contributed by atoms with Crippen LogP contribution in [0.5, 0.6) is 0 Å². The fourth-order valence-electron chi connectivity index (χ4n) is 3.79. The van der Waals surface area contributed by atoms with E-state index in [1.807, 2.05) is 18.2 Å². The van der Waals surface area contributed by atoms with Gasteiger partial charge in [-0.2, -0.15) is 0 Å². The van der Waals surface area contributed by atoms with Crippen LogP contribution in [0.1, 0.15) is 107 Å². The van der Waals surface area contributed by atoms with Gasteiger partial charge in [-0.1, -0.05) is 95.8 Å². The van der Waals surface area contributed by atoms with Gasteiger partial charge in [-0.15, -0.1) is 0 Å². The van der Waals surface area contributed by atoms with Crippen molar-refractivity contribution in [2.75, 3.05) is 6.61 Å². The van der Waals surface area contributed by atoms with E-state index in [1.54, 1.807) is 12.1 Å². The molecule has 0 amide bonds. The molecule has 0 bridgehead atoms. The highest BCUT2D eigenvalue weighted by Gasteiger charge is 2.36. The fourth-order valence-corrected chi connectivity index (χ4v) is 3.79. The molecule has 1 aliphatic rings. The monoisotopic (exact) mass is 388 g/mol. The lowest BCUT2D eigenvalue weighted by atomic mass is 10.0. The molecule has 0 saturated carbocycles. The Morgan fingerprint density at radius 2 is 1.32 bits per heavy atom. The highest BCUT2D eigenvalue weighted by Crippen LogP contribution is 2.31. The van der Waals surface area contributed by atoms with E-state index < -0.39 is 0 Å². The van der Waals surface area contributed by atoms with E-state index in [4.69, 9.17) is 9.47 Å². The second kappa shape index (κ2) is 14.6. The van der Waals surface area contributed by atoms with E-state index in [0.717, 1.165) is 12.8 Å². The minimum absolute atomic E-state index is 0.212. The van der Waals surface area contributed by atoms with Crippen LogP contribution < -0.4 is 0 Å². The van der Waals surface area contributed by atoms with Gasteiger partial charge in [0.15, 0.2) is 0 Å². The number of unbranched alkanes of at least 4 members (excludes halogenated alkanes) is 10. The molecular weight excluding hydrogens is 348 g/mol. The van der Waals surface area contributed by atoms with Gasteiger partial charge >= 0.3 is 5.97 Å². The van der Waals surface area contributed by atoms with E-state index in [2.05, 4.69) is 6.92 Å². The number of ether oxygens (including phenoxy) is 2. The standard InChI is InChI=1S/C25H40O3/c1-2-3-4-5-6-7-8-14-19-23-24(28-23)20-15-9-10-16-21-27-25(26)22-17-12-11-13-18-22/h11-13,17-18,23-24H,2-10,14-16,19-21H2,1H3. The summed E-state index contributed by atoms with van der Waals surface area (Å²) in [6.07, 6.45) is 19.1. The van der Waals surface area contributed by atoms with E-state index in [-0.39, 0.29) is 5.97 Å². The molecule has 0 spiro atoms. The van der Waals surface area contributed by atoms with Crippen LogP contribution in [0.2, 0.25) is 0 Å². The first kappa shape index (κ1) is 22.9. The first-order valence-electron chi connectivity index (χ1n) is 11.7. The van der Waals surface area contributed by atoms with Crippen molar-refractivity contribution in [1.29, 1.82) is 0 Å². The van der Waals surface area contributed by atoms with Gasteiger partial charge < -0.3 is 9.47 Å². The van der Waals surface area contributed by atoms with Crippen molar-refractivity contribution in [2.24, 2.45) is 0 Å². The first-order valence-corrected chi connectivity index (χ1v) is 11.7. The van der Waals surface area contributed by atoms with Crippen molar-refractivity contribution in [3.63, 3.8) is 0 Å². The molecule has 0 aliphatic carbocycles. The van der Waals surface area contributed by atoms with Gasteiger partial charge in [0.1, 0.15) is 0 Å². The number of benzene rings is 1. The topological polar surface area (TPSA) is 38.8 Å². The molecule has 0 aromatic heterocycles. The summed E-state index contributed by atoms with van der Waals surface area (Å²) in [4.78, 5) is 11.8. The van der Waals surface area contributed by atoms with E-state index in [0.29, 0.717) is 24.4 Å². The van der Waals surface area contributed by atoms with Gasteiger partial charge in [-0.05, 0) is 31.4 Å². The quantitative estimate of drug-likeness (QED) is 0.162. The zero-order valence-corrected chi connectivity index (χ0v) is 17.9. The maximum absolute atomic E-state index is 11.8. The zero-order valence-electron chi connectivity index (χ0n) is 17.9. The molecule has 1 aromatic carbocycles. The van der Waals surface area contributed by atoms with Gasteiger partial charge in [-0.3, -0.25) is 0 Å². The average Bonchev–Trinajstić information content (AvgIpc) is 3.48. The maximum Gasteiger partial charge on any atom is 0.338 e. The van der Waals surface area contributed by atoms with Crippen LogP contribution in [0, 0.1) is 0 Å². The Morgan fingerprint density at radius 1 is 0.786 bits per heavy atom. The van der Waals surface area contributed by atoms with Gasteiger partial charge in [0.25, 0.3) is 0 Å². The molecule has 1 aliphatic heterocycles. The zero-order chi connectivity index (χ0) is 19.9. The molecule has 3 heteroatoms. The van der Waals surface area contributed by atoms with Crippen molar-refractivity contribution in [3.05, 3.63) is 35.9 Å². The van der Waals surface area contributed by atoms with E-state index in [9.17, 15) is 4.79 Å². The van der Waals surface area contributed by atoms with Crippen LogP contribution in [0.4, 0.5) is 0 Å². The number of rotatable bonds is 17. The predicted octanol–water partition coefficient (Wildman–Crippen LogP) is 7.09. The second-order valence-electron chi connectivity index (χ2n) is 8.18. The maximum atomic E-state index is 11.8. The highest BCUT2D eigenvalue weighted by molar-refractivity contribution is 5.89. The first-order chi connectivity index (χ1) is 13.8. The summed E-state index contributed by atoms with van der Waals surface area (Å²) in [5.74, 6) is -0.212. The van der Waals surface area contributed by atoms with Crippen molar-refractivity contribution >= 4 is 5.97 Å². The second-order valence-corrected chi connectivity index (χ2v) is 8.18. The molecule has 2 atom stereocenters. The smallest absolute Gasteiger partial charge is 0.338 e. The molecule has 0 radical (unpaired) electrons. The van der Waals surface area contributed by atoms with Gasteiger partial charge in [0.05, 0.1) is 24.4 Å². The third-order valence-corrected chi connectivity index (χ3v) is 5.66. The fraction of sp³-hybridized carbons (Fsp3) is 0.720. The molecule has 1 saturated heterocycles. The van der Waals surface area contributed by atoms with Crippen LogP contribution in [-0.4, -0.2) is 24.8 Å². The number of hydrogen-bond donors (Lipinski definition) is 0. The molecule has 3 nitrogen and oxygen atoms in total. The Kier molecular flexibility index (Phi) is 12.0. The summed E-state index contributed by atoms with van der Waals surface area (Å²) in [6, 6.07) is 9.21. The van der Waals surface area contributed by atoms with Gasteiger partial charge in [0.2, 0.25) is 0 Å². The van der Waals surface area contributed by atoms with Gasteiger partial charge in [0, 0.05) is 0 Å². The van der Waals surface area contributed by atoms with Crippen molar-refractivity contribution in [2.45, 2.75) is 109 Å². The number of epoxide rings is 1. The van der Waals surface area contributed by atoms with Crippen molar-refractivity contribution < 1.29 is 14.3 Å². The average molecular weight is 389 g/mol. The lowest BCUT2D eigenvalue weighted by molar-refractivity contribution is 0.0497. The van der Waals surface area contributed by atoms with Crippen LogP contribution >= 0.6 is 0 Å². The predicted molar refractivity (Wildman–Crippen MR) is 116 cm³/mol. The van der Waals surface area contributed by atoms with E-state index >= 15 is 0 Å². The molecular formula is C25H40O3. The summed E-state index contributed by atoms with van der Waals surface area (Å²) < 4.78 is 11.1. The Bertz CT molecular complexity index is 514. The lowest BCUT2D eigenvalue weighted by Crippen LogP contribution is -2.06. The van der Waals surface area contributed by atoms with Crippen LogP contribution in [-0.2, 0) is 9.47 Å². The van der Waals surface area contributed by atoms with Crippen molar-refractivity contribution in [3.8, 4) is 0 Å².